The number of allylic oxidation sites excluding steroid dienone is 1. The van der Waals surface area contributed by atoms with Crippen LogP contribution in [0, 0.1) is 29.6 Å². The molecule has 28 heavy (non-hydrogen) atoms. The smallest absolute Gasteiger partial charge is 0.131 e. The van der Waals surface area contributed by atoms with Gasteiger partial charge in [-0.15, -0.1) is 0 Å². The van der Waals surface area contributed by atoms with E-state index in [4.69, 9.17) is 10.7 Å². The second-order valence-electron chi connectivity index (χ2n) is 7.57. The number of nitrogens with one attached hydrogen (secondary N) is 2. The van der Waals surface area contributed by atoms with Gasteiger partial charge >= 0.3 is 0 Å². The van der Waals surface area contributed by atoms with E-state index in [1.165, 1.54) is 24.6 Å². The molecule has 142 valence electrons. The summed E-state index contributed by atoms with van der Waals surface area (Å²) in [5, 5.41) is 20.2. The molecule has 1 aliphatic carbocycles. The monoisotopic (exact) mass is 372 g/mol. The van der Waals surface area contributed by atoms with Gasteiger partial charge in [-0.3, -0.25) is 4.98 Å². The molecule has 0 bridgehead atoms. The highest BCUT2D eigenvalue weighted by atomic mass is 15.2. The van der Waals surface area contributed by atoms with Gasteiger partial charge in [0, 0.05) is 67.7 Å². The van der Waals surface area contributed by atoms with Crippen molar-refractivity contribution >= 4 is 17.6 Å². The third kappa shape index (κ3) is 3.89. The van der Waals surface area contributed by atoms with E-state index in [2.05, 4.69) is 32.3 Å². The van der Waals surface area contributed by atoms with Crippen molar-refractivity contribution in [3.63, 3.8) is 0 Å². The Balaban J connectivity index is 1.55. The van der Waals surface area contributed by atoms with Gasteiger partial charge in [-0.2, -0.15) is 5.26 Å². The fourth-order valence-corrected chi connectivity index (χ4v) is 3.59. The van der Waals surface area contributed by atoms with Crippen LogP contribution in [0.25, 0.3) is 5.57 Å². The number of aryl methyl sites for hydroxylation is 1. The molecule has 3 heterocycles. The van der Waals surface area contributed by atoms with Crippen molar-refractivity contribution in [2.45, 2.75) is 32.7 Å². The Labute approximate surface area is 165 Å². The molecule has 2 aliphatic rings. The molecule has 4 rings (SSSR count). The summed E-state index contributed by atoms with van der Waals surface area (Å²) >= 11 is 0. The normalized spacial score (nSPS) is 16.3. The van der Waals surface area contributed by atoms with Gasteiger partial charge in [0.2, 0.25) is 0 Å². The number of rotatable bonds is 6. The summed E-state index contributed by atoms with van der Waals surface area (Å²) in [6.45, 7) is 4.56. The summed E-state index contributed by atoms with van der Waals surface area (Å²) < 4.78 is 0. The zero-order chi connectivity index (χ0) is 19.5. The maximum Gasteiger partial charge on any atom is 0.131 e. The molecule has 0 spiro atoms. The first-order chi connectivity index (χ1) is 13.7. The summed E-state index contributed by atoms with van der Waals surface area (Å²) in [5.74, 6) is 1.71. The molecular weight excluding hydrogens is 348 g/mol. The van der Waals surface area contributed by atoms with Crippen molar-refractivity contribution < 1.29 is 0 Å². The molecule has 2 N–H and O–H groups in total. The van der Waals surface area contributed by atoms with Crippen LogP contribution in [0.4, 0.5) is 5.82 Å². The van der Waals surface area contributed by atoms with Gasteiger partial charge in [-0.05, 0) is 48.9 Å². The second kappa shape index (κ2) is 7.81. The van der Waals surface area contributed by atoms with Crippen molar-refractivity contribution in [2.24, 2.45) is 5.92 Å². The maximum absolute atomic E-state index is 9.05. The highest BCUT2D eigenvalue weighted by Crippen LogP contribution is 2.28. The number of nitrogens with zero attached hydrogens (tertiary/aromatic N) is 4. The van der Waals surface area contributed by atoms with Crippen LogP contribution in [0.1, 0.15) is 40.8 Å². The van der Waals surface area contributed by atoms with Gasteiger partial charge in [0.25, 0.3) is 0 Å². The van der Waals surface area contributed by atoms with E-state index >= 15 is 0 Å². The predicted molar refractivity (Wildman–Crippen MR) is 110 cm³/mol. The van der Waals surface area contributed by atoms with Crippen LogP contribution in [0.5, 0.6) is 0 Å². The maximum atomic E-state index is 9.05. The van der Waals surface area contributed by atoms with Crippen LogP contribution in [-0.2, 0) is 13.0 Å². The molecule has 0 radical (unpaired) electrons. The molecule has 0 atom stereocenters. The van der Waals surface area contributed by atoms with Crippen molar-refractivity contribution in [3.05, 3.63) is 58.7 Å². The summed E-state index contributed by atoms with van der Waals surface area (Å²) in [7, 11) is 0. The lowest BCUT2D eigenvalue weighted by Crippen LogP contribution is -2.32. The molecule has 1 fully saturated rings. The lowest BCUT2D eigenvalue weighted by molar-refractivity contribution is 0.700. The molecular formula is C22H24N6. The van der Waals surface area contributed by atoms with Crippen molar-refractivity contribution in [2.75, 3.05) is 18.0 Å². The Morgan fingerprint density at radius 2 is 2.21 bits per heavy atom. The minimum Gasteiger partial charge on any atom is -0.390 e. The standard InChI is InChI=1S/C22H24N6/c1-15-6-17(8-23)11-27-22(15)28-5-4-21-19(14-28)7-18(13-26-21)20(9-24)12-25-10-16-2-3-16/h6-7,9,11-13,16,24-25H,2-5,10,14H2,1H3/b20-12+,24-9?. The Bertz CT molecular complexity index is 967. The molecule has 6 nitrogen and oxygen atoms in total. The van der Waals surface area contributed by atoms with E-state index < -0.39 is 0 Å². The summed E-state index contributed by atoms with van der Waals surface area (Å²) in [5.41, 5.74) is 5.69. The first-order valence-corrected chi connectivity index (χ1v) is 9.72. The van der Waals surface area contributed by atoms with Gasteiger partial charge in [-0.25, -0.2) is 4.98 Å². The lowest BCUT2D eigenvalue weighted by atomic mass is 10.0. The van der Waals surface area contributed by atoms with Crippen LogP contribution < -0.4 is 10.2 Å². The van der Waals surface area contributed by atoms with E-state index in [9.17, 15) is 0 Å². The summed E-state index contributed by atoms with van der Waals surface area (Å²) in [4.78, 5) is 11.4. The minimum absolute atomic E-state index is 0.585. The van der Waals surface area contributed by atoms with Gasteiger partial charge in [0.1, 0.15) is 11.9 Å². The minimum atomic E-state index is 0.585. The zero-order valence-corrected chi connectivity index (χ0v) is 16.1. The first-order valence-electron chi connectivity index (χ1n) is 9.72. The van der Waals surface area contributed by atoms with Crippen LogP contribution >= 0.6 is 0 Å². The quantitative estimate of drug-likeness (QED) is 0.760. The van der Waals surface area contributed by atoms with Crippen molar-refractivity contribution in [3.8, 4) is 6.07 Å². The zero-order valence-electron chi connectivity index (χ0n) is 16.1. The number of aromatic nitrogens is 2. The first kappa shape index (κ1) is 18.2. The third-order valence-electron chi connectivity index (χ3n) is 5.37. The molecule has 2 aromatic rings. The molecule has 1 saturated carbocycles. The number of nitriles is 1. The Morgan fingerprint density at radius 3 is 2.93 bits per heavy atom. The highest BCUT2D eigenvalue weighted by molar-refractivity contribution is 6.08. The van der Waals surface area contributed by atoms with Gasteiger partial charge in [0.15, 0.2) is 0 Å². The topological polar surface area (TPSA) is 88.7 Å². The number of fused-ring (bicyclic) bond motifs is 1. The molecule has 0 unspecified atom stereocenters. The summed E-state index contributed by atoms with van der Waals surface area (Å²) in [6, 6.07) is 6.17. The van der Waals surface area contributed by atoms with Crippen LogP contribution in [0.3, 0.4) is 0 Å². The van der Waals surface area contributed by atoms with Crippen molar-refractivity contribution in [1.29, 1.82) is 10.7 Å². The molecule has 2 aromatic heterocycles. The van der Waals surface area contributed by atoms with E-state index in [0.717, 1.165) is 60.2 Å². The summed E-state index contributed by atoms with van der Waals surface area (Å²) in [6.07, 6.45) is 10.3. The van der Waals surface area contributed by atoms with Gasteiger partial charge < -0.3 is 15.6 Å². The Hall–Kier alpha value is -3.20. The average molecular weight is 372 g/mol. The lowest BCUT2D eigenvalue weighted by Gasteiger charge is -2.30. The third-order valence-corrected chi connectivity index (χ3v) is 5.37. The number of hydrogen-bond acceptors (Lipinski definition) is 6. The predicted octanol–water partition coefficient (Wildman–Crippen LogP) is 3.21. The largest absolute Gasteiger partial charge is 0.390 e. The van der Waals surface area contributed by atoms with Crippen LogP contribution in [0.2, 0.25) is 0 Å². The molecule has 0 saturated heterocycles. The second-order valence-corrected chi connectivity index (χ2v) is 7.57. The SMILES string of the molecule is Cc1cc(C#N)cnc1N1CCc2ncc(/C(C=N)=C/NCC3CC3)cc2C1. The highest BCUT2D eigenvalue weighted by Gasteiger charge is 2.21. The molecule has 6 heteroatoms. The molecule has 1 aliphatic heterocycles. The number of pyridine rings is 2. The number of hydrogen-bond donors (Lipinski definition) is 2. The fourth-order valence-electron chi connectivity index (χ4n) is 3.59. The fraction of sp³-hybridized carbons (Fsp3) is 0.364. The van der Waals surface area contributed by atoms with Crippen LogP contribution in [0.15, 0.2) is 30.7 Å². The van der Waals surface area contributed by atoms with E-state index in [1.54, 1.807) is 6.20 Å². The van der Waals surface area contributed by atoms with E-state index in [-0.39, 0.29) is 0 Å². The van der Waals surface area contributed by atoms with Gasteiger partial charge in [0.05, 0.1) is 5.56 Å². The Morgan fingerprint density at radius 1 is 1.36 bits per heavy atom. The number of anilines is 1. The average Bonchev–Trinajstić information content (AvgIpc) is 3.55. The van der Waals surface area contributed by atoms with Gasteiger partial charge in [-0.1, -0.05) is 0 Å². The van der Waals surface area contributed by atoms with Crippen molar-refractivity contribution in [1.82, 2.24) is 15.3 Å². The van der Waals surface area contributed by atoms with Crippen LogP contribution in [-0.4, -0.2) is 29.3 Å². The molecule has 0 aromatic carbocycles. The van der Waals surface area contributed by atoms with E-state index in [1.807, 2.05) is 25.4 Å². The Kier molecular flexibility index (Phi) is 5.07. The molecule has 0 amide bonds. The van der Waals surface area contributed by atoms with E-state index in [0.29, 0.717) is 5.56 Å².